The molecule has 2 N–H and O–H groups in total. The number of nitrogen functional groups attached to an aromatic ring is 1. The predicted octanol–water partition coefficient (Wildman–Crippen LogP) is 1.34. The van der Waals surface area contributed by atoms with Gasteiger partial charge in [0, 0.05) is 19.7 Å². The van der Waals surface area contributed by atoms with E-state index in [1.165, 1.54) is 12.8 Å². The van der Waals surface area contributed by atoms with E-state index < -0.39 is 0 Å². The Balaban J connectivity index is 2.02. The fraction of sp³-hybridized carbons (Fsp3) is 0.667. The number of nitrogens with two attached hydrogens (primary N) is 1. The van der Waals surface area contributed by atoms with Gasteiger partial charge in [-0.1, -0.05) is 11.3 Å². The Morgan fingerprint density at radius 1 is 1.71 bits per heavy atom. The van der Waals surface area contributed by atoms with E-state index in [0.717, 1.165) is 23.3 Å². The number of aromatic nitrogens is 1. The summed E-state index contributed by atoms with van der Waals surface area (Å²) in [4.78, 5) is 6.59. The highest BCUT2D eigenvalue weighted by atomic mass is 32.1. The molecule has 5 heteroatoms. The molecule has 1 aliphatic rings. The molecule has 14 heavy (non-hydrogen) atoms. The summed E-state index contributed by atoms with van der Waals surface area (Å²) >= 11 is 1.55. The van der Waals surface area contributed by atoms with Crippen molar-refractivity contribution in [3.05, 3.63) is 6.20 Å². The van der Waals surface area contributed by atoms with E-state index >= 15 is 0 Å². The summed E-state index contributed by atoms with van der Waals surface area (Å²) in [5, 5.41) is 1.81. The van der Waals surface area contributed by atoms with Gasteiger partial charge in [0.1, 0.15) is 5.00 Å². The van der Waals surface area contributed by atoms with Crippen molar-refractivity contribution in [2.45, 2.75) is 18.9 Å². The smallest absolute Gasteiger partial charge is 0.187 e. The SMILES string of the molecule is COCCN(c1ncc(N)s1)C1CC1. The highest BCUT2D eigenvalue weighted by Gasteiger charge is 2.30. The molecule has 1 heterocycles. The quantitative estimate of drug-likeness (QED) is 0.802. The van der Waals surface area contributed by atoms with Crippen LogP contribution >= 0.6 is 11.3 Å². The molecule has 78 valence electrons. The number of hydrogen-bond donors (Lipinski definition) is 1. The summed E-state index contributed by atoms with van der Waals surface area (Å²) in [5.74, 6) is 0. The van der Waals surface area contributed by atoms with Gasteiger partial charge >= 0.3 is 0 Å². The van der Waals surface area contributed by atoms with Crippen LogP contribution < -0.4 is 10.6 Å². The van der Waals surface area contributed by atoms with Crippen LogP contribution in [0.25, 0.3) is 0 Å². The lowest BCUT2D eigenvalue weighted by Gasteiger charge is -2.20. The molecule has 0 amide bonds. The normalized spacial score (nSPS) is 15.8. The molecule has 0 unspecified atom stereocenters. The Hall–Kier alpha value is -0.810. The van der Waals surface area contributed by atoms with E-state index in [1.54, 1.807) is 24.6 Å². The fourth-order valence-electron chi connectivity index (χ4n) is 1.42. The molecule has 0 aromatic carbocycles. The molecule has 0 spiro atoms. The van der Waals surface area contributed by atoms with Gasteiger partial charge in [0.2, 0.25) is 0 Å². The molecule has 4 nitrogen and oxygen atoms in total. The van der Waals surface area contributed by atoms with E-state index in [-0.39, 0.29) is 0 Å². The van der Waals surface area contributed by atoms with Gasteiger partial charge in [-0.2, -0.15) is 0 Å². The third kappa shape index (κ3) is 2.16. The van der Waals surface area contributed by atoms with Crippen LogP contribution in [0, 0.1) is 0 Å². The molecular weight excluding hydrogens is 198 g/mol. The lowest BCUT2D eigenvalue weighted by atomic mass is 10.5. The fourth-order valence-corrected chi connectivity index (χ4v) is 2.20. The van der Waals surface area contributed by atoms with Crippen LogP contribution in [0.5, 0.6) is 0 Å². The number of nitrogens with zero attached hydrogens (tertiary/aromatic N) is 2. The van der Waals surface area contributed by atoms with E-state index in [1.807, 2.05) is 0 Å². The maximum absolute atomic E-state index is 5.66. The molecule has 1 aliphatic carbocycles. The number of ether oxygens (including phenoxy) is 1. The Bertz CT molecular complexity index is 298. The molecule has 1 aromatic heterocycles. The highest BCUT2D eigenvalue weighted by Crippen LogP contribution is 2.34. The molecule has 1 fully saturated rings. The minimum absolute atomic E-state index is 0.663. The zero-order valence-electron chi connectivity index (χ0n) is 8.27. The zero-order valence-corrected chi connectivity index (χ0v) is 9.09. The van der Waals surface area contributed by atoms with E-state index in [9.17, 15) is 0 Å². The van der Waals surface area contributed by atoms with Crippen molar-refractivity contribution in [1.29, 1.82) is 0 Å². The first-order valence-electron chi connectivity index (χ1n) is 4.78. The minimum atomic E-state index is 0.663. The Morgan fingerprint density at radius 2 is 2.50 bits per heavy atom. The monoisotopic (exact) mass is 213 g/mol. The summed E-state index contributed by atoms with van der Waals surface area (Å²) in [5.41, 5.74) is 5.66. The van der Waals surface area contributed by atoms with Crippen LogP contribution in [0.15, 0.2) is 6.20 Å². The predicted molar refractivity (Wildman–Crippen MR) is 58.8 cm³/mol. The minimum Gasteiger partial charge on any atom is -0.389 e. The average molecular weight is 213 g/mol. The van der Waals surface area contributed by atoms with Crippen LogP contribution in [-0.4, -0.2) is 31.3 Å². The second kappa shape index (κ2) is 4.14. The van der Waals surface area contributed by atoms with Crippen molar-refractivity contribution < 1.29 is 4.74 Å². The summed E-state index contributed by atoms with van der Waals surface area (Å²) < 4.78 is 5.08. The summed E-state index contributed by atoms with van der Waals surface area (Å²) in [7, 11) is 1.72. The number of methoxy groups -OCH3 is 1. The summed E-state index contributed by atoms with van der Waals surface area (Å²) in [6.45, 7) is 1.66. The lowest BCUT2D eigenvalue weighted by Crippen LogP contribution is -2.29. The van der Waals surface area contributed by atoms with Gasteiger partial charge in [0.15, 0.2) is 5.13 Å². The van der Waals surface area contributed by atoms with E-state index in [0.29, 0.717) is 6.04 Å². The van der Waals surface area contributed by atoms with Crippen molar-refractivity contribution in [3.63, 3.8) is 0 Å². The third-order valence-corrected chi connectivity index (χ3v) is 3.14. The van der Waals surface area contributed by atoms with Crippen LogP contribution in [0.4, 0.5) is 10.1 Å². The van der Waals surface area contributed by atoms with Gasteiger partial charge in [-0.3, -0.25) is 0 Å². The summed E-state index contributed by atoms with van der Waals surface area (Å²) in [6.07, 6.45) is 4.26. The van der Waals surface area contributed by atoms with Gasteiger partial charge in [-0.05, 0) is 12.8 Å². The average Bonchev–Trinajstić information content (AvgIpc) is 2.91. The molecule has 0 bridgehead atoms. The van der Waals surface area contributed by atoms with Crippen LogP contribution in [0.2, 0.25) is 0 Å². The number of anilines is 2. The Labute approximate surface area is 87.7 Å². The van der Waals surface area contributed by atoms with E-state index in [4.69, 9.17) is 10.5 Å². The molecule has 0 saturated heterocycles. The van der Waals surface area contributed by atoms with Crippen LogP contribution in [0.3, 0.4) is 0 Å². The molecule has 0 aliphatic heterocycles. The van der Waals surface area contributed by atoms with Gasteiger partial charge < -0.3 is 15.4 Å². The number of hydrogen-bond acceptors (Lipinski definition) is 5. The topological polar surface area (TPSA) is 51.4 Å². The second-order valence-corrected chi connectivity index (χ2v) is 4.50. The molecular formula is C9H15N3OS. The van der Waals surface area contributed by atoms with Gasteiger partial charge in [0.05, 0.1) is 12.8 Å². The van der Waals surface area contributed by atoms with Gasteiger partial charge in [-0.25, -0.2) is 4.98 Å². The Morgan fingerprint density at radius 3 is 3.00 bits per heavy atom. The standard InChI is InChI=1S/C9H15N3OS/c1-13-5-4-12(7-2-3-7)9-11-6-8(10)14-9/h6-7H,2-5,10H2,1H3. The molecule has 0 radical (unpaired) electrons. The van der Waals surface area contributed by atoms with Gasteiger partial charge in [0.25, 0.3) is 0 Å². The van der Waals surface area contributed by atoms with E-state index in [2.05, 4.69) is 9.88 Å². The third-order valence-electron chi connectivity index (χ3n) is 2.28. The first-order valence-corrected chi connectivity index (χ1v) is 5.60. The molecule has 0 atom stereocenters. The first kappa shape index (κ1) is 9.73. The molecule has 1 aromatic rings. The maximum atomic E-state index is 5.66. The zero-order chi connectivity index (χ0) is 9.97. The van der Waals surface area contributed by atoms with Gasteiger partial charge in [-0.15, -0.1) is 0 Å². The molecule has 1 saturated carbocycles. The summed E-state index contributed by atoms with van der Waals surface area (Å²) in [6, 6.07) is 0.663. The lowest BCUT2D eigenvalue weighted by molar-refractivity contribution is 0.205. The van der Waals surface area contributed by atoms with Crippen molar-refractivity contribution in [3.8, 4) is 0 Å². The second-order valence-electron chi connectivity index (χ2n) is 3.46. The molecule has 2 rings (SSSR count). The van der Waals surface area contributed by atoms with Crippen molar-refractivity contribution in [2.24, 2.45) is 0 Å². The number of thiazole rings is 1. The number of rotatable bonds is 5. The first-order chi connectivity index (χ1) is 6.81. The maximum Gasteiger partial charge on any atom is 0.187 e. The van der Waals surface area contributed by atoms with Crippen molar-refractivity contribution in [1.82, 2.24) is 4.98 Å². The van der Waals surface area contributed by atoms with Crippen LogP contribution in [-0.2, 0) is 4.74 Å². The van der Waals surface area contributed by atoms with Crippen molar-refractivity contribution >= 4 is 21.5 Å². The van der Waals surface area contributed by atoms with Crippen LogP contribution in [0.1, 0.15) is 12.8 Å². The van der Waals surface area contributed by atoms with Crippen molar-refractivity contribution in [2.75, 3.05) is 30.9 Å². The largest absolute Gasteiger partial charge is 0.389 e. The Kier molecular flexibility index (Phi) is 2.88. The highest BCUT2D eigenvalue weighted by molar-refractivity contribution is 7.19.